The average molecular weight is 547 g/mol. The van der Waals surface area contributed by atoms with Crippen LogP contribution in [0.1, 0.15) is 30.1 Å². The van der Waals surface area contributed by atoms with Crippen LogP contribution in [0.4, 0.5) is 16.2 Å². The number of Topliss-reactive ketones (excluding diaryl/α,β-unsaturated/α-hetero) is 1. The predicted molar refractivity (Wildman–Crippen MR) is 137 cm³/mol. The second-order valence-corrected chi connectivity index (χ2v) is 9.79. The summed E-state index contributed by atoms with van der Waals surface area (Å²) < 4.78 is 31.5. The van der Waals surface area contributed by atoms with Gasteiger partial charge in [-0.25, -0.2) is 14.2 Å². The van der Waals surface area contributed by atoms with Crippen LogP contribution in [0.3, 0.4) is 0 Å². The molecule has 0 radical (unpaired) electrons. The standard InChI is InChI=1S/C24H27FN6O6S/c1-2-36-7-3-4-18(32)14-11-30(12-14)21-17(25)10-15-19(33)16(22(34)35)13-31(20(15)26-21)24-27-23(28-38-24)29-5-8-37-9-6-29/h10,13-14H,2-9,11-12H2,1H3,(H,34,35). The maximum Gasteiger partial charge on any atom is 0.341 e. The van der Waals surface area contributed by atoms with E-state index in [0.29, 0.717) is 71.4 Å². The molecule has 202 valence electrons. The van der Waals surface area contributed by atoms with Gasteiger partial charge >= 0.3 is 5.97 Å². The molecule has 1 N–H and O–H groups in total. The number of hydrogen-bond donors (Lipinski definition) is 1. The van der Waals surface area contributed by atoms with Gasteiger partial charge in [-0.2, -0.15) is 9.36 Å². The van der Waals surface area contributed by atoms with Gasteiger partial charge in [-0.3, -0.25) is 14.2 Å². The Morgan fingerprint density at radius 2 is 2.00 bits per heavy atom. The number of hydrogen-bond acceptors (Lipinski definition) is 11. The number of aromatic carboxylic acids is 1. The second kappa shape index (κ2) is 11.1. The van der Waals surface area contributed by atoms with Gasteiger partial charge in [-0.1, -0.05) is 0 Å². The smallest absolute Gasteiger partial charge is 0.341 e. The summed E-state index contributed by atoms with van der Waals surface area (Å²) in [5.74, 6) is -1.91. The van der Waals surface area contributed by atoms with Crippen molar-refractivity contribution in [2.24, 2.45) is 5.92 Å². The van der Waals surface area contributed by atoms with Crippen LogP contribution >= 0.6 is 11.5 Å². The second-order valence-electron chi connectivity index (χ2n) is 9.06. The van der Waals surface area contributed by atoms with Gasteiger partial charge in [0.05, 0.1) is 24.5 Å². The maximum atomic E-state index is 15.2. The molecule has 38 heavy (non-hydrogen) atoms. The van der Waals surface area contributed by atoms with E-state index in [0.717, 1.165) is 23.8 Å². The number of pyridine rings is 2. The first-order valence-corrected chi connectivity index (χ1v) is 13.2. The molecule has 12 nitrogen and oxygen atoms in total. The van der Waals surface area contributed by atoms with E-state index in [-0.39, 0.29) is 33.7 Å². The molecule has 14 heteroatoms. The first kappa shape index (κ1) is 26.1. The van der Waals surface area contributed by atoms with Gasteiger partial charge in [0.2, 0.25) is 16.5 Å². The van der Waals surface area contributed by atoms with E-state index < -0.39 is 22.8 Å². The van der Waals surface area contributed by atoms with E-state index in [9.17, 15) is 19.5 Å². The molecule has 3 aromatic heterocycles. The number of ether oxygens (including phenoxy) is 2. The molecule has 0 spiro atoms. The van der Waals surface area contributed by atoms with Crippen molar-refractivity contribution in [2.75, 3.05) is 62.4 Å². The van der Waals surface area contributed by atoms with Crippen LogP contribution in [0.5, 0.6) is 0 Å². The summed E-state index contributed by atoms with van der Waals surface area (Å²) in [4.78, 5) is 49.7. The highest BCUT2D eigenvalue weighted by Crippen LogP contribution is 2.30. The minimum absolute atomic E-state index is 0.00925. The van der Waals surface area contributed by atoms with Gasteiger partial charge in [0.25, 0.3) is 0 Å². The molecule has 3 aromatic rings. The summed E-state index contributed by atoms with van der Waals surface area (Å²) in [6, 6.07) is 1.00. The van der Waals surface area contributed by atoms with Gasteiger partial charge in [0.1, 0.15) is 11.3 Å². The van der Waals surface area contributed by atoms with E-state index in [1.54, 1.807) is 4.90 Å². The highest BCUT2D eigenvalue weighted by Gasteiger charge is 2.35. The monoisotopic (exact) mass is 546 g/mol. The lowest BCUT2D eigenvalue weighted by atomic mass is 9.92. The zero-order valence-corrected chi connectivity index (χ0v) is 21.6. The van der Waals surface area contributed by atoms with Crippen molar-refractivity contribution in [1.82, 2.24) is 18.9 Å². The molecule has 5 heterocycles. The van der Waals surface area contributed by atoms with E-state index >= 15 is 4.39 Å². The Kier molecular flexibility index (Phi) is 7.63. The number of carboxylic acids is 1. The average Bonchev–Trinajstić information content (AvgIpc) is 3.37. The van der Waals surface area contributed by atoms with E-state index in [1.807, 2.05) is 11.8 Å². The number of halogens is 1. The molecule has 0 aromatic carbocycles. The molecule has 5 rings (SSSR count). The van der Waals surface area contributed by atoms with Crippen molar-refractivity contribution >= 4 is 46.1 Å². The number of ketones is 1. The summed E-state index contributed by atoms with van der Waals surface area (Å²) in [6.45, 7) is 5.92. The number of carbonyl (C=O) groups is 2. The number of anilines is 2. The maximum absolute atomic E-state index is 15.2. The number of carbonyl (C=O) groups excluding carboxylic acids is 1. The van der Waals surface area contributed by atoms with Crippen LogP contribution in [0, 0.1) is 11.7 Å². The third kappa shape index (κ3) is 5.11. The first-order chi connectivity index (χ1) is 18.4. The minimum Gasteiger partial charge on any atom is -0.477 e. The van der Waals surface area contributed by atoms with Crippen molar-refractivity contribution < 1.29 is 28.6 Å². The SMILES string of the molecule is CCOCCCC(=O)C1CN(c2nc3c(cc2F)c(=O)c(C(=O)O)cn3-c2nc(N3CCOCC3)ns2)C1. The number of morpholine rings is 1. The van der Waals surface area contributed by atoms with E-state index in [4.69, 9.17) is 9.47 Å². The predicted octanol–water partition coefficient (Wildman–Crippen LogP) is 1.73. The molecule has 0 saturated carbocycles. The van der Waals surface area contributed by atoms with Gasteiger partial charge < -0.3 is 24.4 Å². The fraction of sp³-hybridized carbons (Fsp3) is 0.500. The molecule has 0 unspecified atom stereocenters. The molecule has 2 saturated heterocycles. The van der Waals surface area contributed by atoms with Gasteiger partial charge in [0, 0.05) is 63.5 Å². The van der Waals surface area contributed by atoms with Gasteiger partial charge in [-0.15, -0.1) is 0 Å². The summed E-state index contributed by atoms with van der Waals surface area (Å²) in [5, 5.41) is 9.71. The number of rotatable bonds is 10. The number of fused-ring (bicyclic) bond motifs is 1. The van der Waals surface area contributed by atoms with Crippen LogP contribution in [-0.2, 0) is 14.3 Å². The number of aromatic nitrogens is 4. The molecule has 2 fully saturated rings. The lowest BCUT2D eigenvalue weighted by Crippen LogP contribution is -2.51. The third-order valence-electron chi connectivity index (χ3n) is 6.60. The molecule has 0 atom stereocenters. The van der Waals surface area contributed by atoms with E-state index in [2.05, 4.69) is 14.3 Å². The summed E-state index contributed by atoms with van der Waals surface area (Å²) >= 11 is 1.01. The zero-order valence-electron chi connectivity index (χ0n) is 20.8. The van der Waals surface area contributed by atoms with E-state index in [1.165, 1.54) is 4.57 Å². The normalized spacial score (nSPS) is 16.2. The summed E-state index contributed by atoms with van der Waals surface area (Å²) in [5.41, 5.74) is -1.31. The van der Waals surface area contributed by atoms with Crippen molar-refractivity contribution in [3.63, 3.8) is 0 Å². The molecular weight excluding hydrogens is 519 g/mol. The summed E-state index contributed by atoms with van der Waals surface area (Å²) in [6.07, 6.45) is 2.18. The van der Waals surface area contributed by atoms with Crippen molar-refractivity contribution in [2.45, 2.75) is 19.8 Å². The highest BCUT2D eigenvalue weighted by atomic mass is 32.1. The Morgan fingerprint density at radius 3 is 2.71 bits per heavy atom. The van der Waals surface area contributed by atoms with Crippen LogP contribution in [0.25, 0.3) is 16.2 Å². The molecular formula is C24H27FN6O6S. The van der Waals surface area contributed by atoms with Crippen LogP contribution in [0.2, 0.25) is 0 Å². The lowest BCUT2D eigenvalue weighted by Gasteiger charge is -2.39. The Hall–Kier alpha value is -3.49. The third-order valence-corrected chi connectivity index (χ3v) is 7.31. The fourth-order valence-electron chi connectivity index (χ4n) is 4.48. The van der Waals surface area contributed by atoms with Crippen molar-refractivity contribution in [1.29, 1.82) is 0 Å². The summed E-state index contributed by atoms with van der Waals surface area (Å²) in [7, 11) is 0. The number of carboxylic acid groups (broad SMARTS) is 1. The van der Waals surface area contributed by atoms with Crippen molar-refractivity contribution in [3.8, 4) is 5.13 Å². The molecule has 0 bridgehead atoms. The van der Waals surface area contributed by atoms with Crippen LogP contribution < -0.4 is 15.2 Å². The Bertz CT molecular complexity index is 1420. The molecule has 2 aliphatic rings. The molecule has 0 amide bonds. The minimum atomic E-state index is -1.44. The highest BCUT2D eigenvalue weighted by molar-refractivity contribution is 7.08. The molecule has 0 aliphatic carbocycles. The zero-order chi connectivity index (χ0) is 26.8. The number of nitrogens with zero attached hydrogens (tertiary/aromatic N) is 6. The Morgan fingerprint density at radius 1 is 1.24 bits per heavy atom. The van der Waals surface area contributed by atoms with Gasteiger partial charge in [0.15, 0.2) is 17.3 Å². The quantitative estimate of drug-likeness (QED) is 0.372. The lowest BCUT2D eigenvalue weighted by molar-refractivity contribution is -0.123. The Balaban J connectivity index is 1.46. The fourth-order valence-corrected chi connectivity index (χ4v) is 5.15. The van der Waals surface area contributed by atoms with Crippen molar-refractivity contribution in [3.05, 3.63) is 33.9 Å². The largest absolute Gasteiger partial charge is 0.477 e. The van der Waals surface area contributed by atoms with Crippen LogP contribution in [0.15, 0.2) is 17.1 Å². The van der Waals surface area contributed by atoms with Gasteiger partial charge in [-0.05, 0) is 19.4 Å². The van der Waals surface area contributed by atoms with Crippen LogP contribution in [-0.4, -0.2) is 88.4 Å². The Labute approximate surface area is 220 Å². The topological polar surface area (TPSA) is 140 Å². The first-order valence-electron chi connectivity index (χ1n) is 12.4. The molecule has 2 aliphatic heterocycles.